The quantitative estimate of drug-likeness (QED) is 0.388. The molecule has 1 unspecified atom stereocenters. The van der Waals surface area contributed by atoms with Crippen molar-refractivity contribution in [2.24, 2.45) is 5.92 Å². The molecule has 4 heteroatoms. The predicted molar refractivity (Wildman–Crippen MR) is 56.0 cm³/mol. The Morgan fingerprint density at radius 2 is 1.50 bits per heavy atom. The van der Waals surface area contributed by atoms with E-state index in [9.17, 15) is 19.8 Å². The van der Waals surface area contributed by atoms with Crippen molar-refractivity contribution < 1.29 is 19.8 Å². The van der Waals surface area contributed by atoms with Crippen molar-refractivity contribution in [2.45, 2.75) is 44.9 Å². The molecule has 16 heavy (non-hydrogen) atoms. The molecule has 1 atom stereocenters. The molecule has 0 heterocycles. The van der Waals surface area contributed by atoms with Gasteiger partial charge in [-0.1, -0.05) is 12.5 Å². The van der Waals surface area contributed by atoms with E-state index in [1.807, 2.05) is 0 Å². The summed E-state index contributed by atoms with van der Waals surface area (Å²) in [7, 11) is 0. The Balaban J connectivity index is 3.55. The van der Waals surface area contributed by atoms with Crippen molar-refractivity contribution in [3.05, 3.63) is 12.7 Å². The lowest BCUT2D eigenvalue weighted by molar-refractivity contribution is -0.307. The van der Waals surface area contributed by atoms with E-state index in [1.165, 1.54) is 0 Å². The smallest absolute Gasteiger partial charge is 0.0414 e. The van der Waals surface area contributed by atoms with Crippen LogP contribution in [0.2, 0.25) is 0 Å². The zero-order chi connectivity index (χ0) is 12.4. The number of carboxylic acids is 2. The first kappa shape index (κ1) is 14.7. The summed E-state index contributed by atoms with van der Waals surface area (Å²) in [5.41, 5.74) is 0. The van der Waals surface area contributed by atoms with Crippen LogP contribution >= 0.6 is 0 Å². The van der Waals surface area contributed by atoms with E-state index in [0.717, 1.165) is 19.3 Å². The van der Waals surface area contributed by atoms with Crippen LogP contribution in [0, 0.1) is 5.92 Å². The Morgan fingerprint density at radius 3 is 2.00 bits per heavy atom. The van der Waals surface area contributed by atoms with Gasteiger partial charge in [-0.2, -0.15) is 0 Å². The Labute approximate surface area is 96.0 Å². The first-order valence-electron chi connectivity index (χ1n) is 5.58. The van der Waals surface area contributed by atoms with Crippen LogP contribution < -0.4 is 10.2 Å². The number of hydrogen-bond acceptors (Lipinski definition) is 4. The maximum Gasteiger partial charge on any atom is 0.0414 e. The van der Waals surface area contributed by atoms with E-state index >= 15 is 0 Å². The topological polar surface area (TPSA) is 80.3 Å². The Hall–Kier alpha value is -1.32. The third-order valence-electron chi connectivity index (χ3n) is 2.49. The second kappa shape index (κ2) is 8.95. The molecule has 0 bridgehead atoms. The monoisotopic (exact) mass is 226 g/mol. The van der Waals surface area contributed by atoms with Crippen LogP contribution in [0.4, 0.5) is 0 Å². The average Bonchev–Trinajstić information content (AvgIpc) is 2.20. The molecule has 0 aliphatic rings. The highest BCUT2D eigenvalue weighted by molar-refractivity contribution is 5.64. The molecule has 0 aliphatic heterocycles. The maximum absolute atomic E-state index is 10.2. The van der Waals surface area contributed by atoms with Gasteiger partial charge in [0.15, 0.2) is 0 Å². The van der Waals surface area contributed by atoms with Gasteiger partial charge in [0, 0.05) is 11.9 Å². The van der Waals surface area contributed by atoms with Crippen LogP contribution in [0.1, 0.15) is 44.9 Å². The highest BCUT2D eigenvalue weighted by atomic mass is 16.4. The van der Waals surface area contributed by atoms with Gasteiger partial charge in [0.25, 0.3) is 0 Å². The molecule has 0 fully saturated rings. The van der Waals surface area contributed by atoms with Gasteiger partial charge in [-0.05, 0) is 44.4 Å². The van der Waals surface area contributed by atoms with Crippen molar-refractivity contribution in [2.75, 3.05) is 0 Å². The molecule has 0 saturated heterocycles. The molecule has 0 aliphatic carbocycles. The second-order valence-corrected chi connectivity index (χ2v) is 3.88. The zero-order valence-electron chi connectivity index (χ0n) is 9.44. The lowest BCUT2D eigenvalue weighted by Crippen LogP contribution is -2.22. The van der Waals surface area contributed by atoms with E-state index < -0.39 is 11.9 Å². The van der Waals surface area contributed by atoms with Gasteiger partial charge < -0.3 is 19.8 Å². The van der Waals surface area contributed by atoms with Gasteiger partial charge in [0.1, 0.15) is 0 Å². The number of carbonyl (C=O) groups excluding carboxylic acids is 2. The number of carbonyl (C=O) groups is 2. The van der Waals surface area contributed by atoms with E-state index in [0.29, 0.717) is 12.8 Å². The van der Waals surface area contributed by atoms with Gasteiger partial charge in [0.2, 0.25) is 0 Å². The number of carboxylic acid groups (broad SMARTS) is 2. The van der Waals surface area contributed by atoms with Crippen LogP contribution in [0.25, 0.3) is 0 Å². The average molecular weight is 226 g/mol. The standard InChI is InChI=1S/C12H20O4/c1-2-10(7-5-9-12(15)16)6-3-4-8-11(13)14/h2,10H,1,3-9H2,(H,13,14)(H,15,16)/p-2. The Morgan fingerprint density at radius 1 is 1.00 bits per heavy atom. The number of rotatable bonds is 10. The van der Waals surface area contributed by atoms with Crippen molar-refractivity contribution in [3.8, 4) is 0 Å². The molecule has 0 spiro atoms. The van der Waals surface area contributed by atoms with E-state index in [1.54, 1.807) is 6.08 Å². The summed E-state index contributed by atoms with van der Waals surface area (Å²) in [5, 5.41) is 20.4. The highest BCUT2D eigenvalue weighted by Crippen LogP contribution is 2.17. The minimum atomic E-state index is -1.03. The summed E-state index contributed by atoms with van der Waals surface area (Å²) in [6, 6.07) is 0. The summed E-state index contributed by atoms with van der Waals surface area (Å²) in [6.07, 6.45) is 5.57. The van der Waals surface area contributed by atoms with Gasteiger partial charge in [-0.25, -0.2) is 0 Å². The summed E-state index contributed by atoms with van der Waals surface area (Å²) < 4.78 is 0. The van der Waals surface area contributed by atoms with E-state index in [4.69, 9.17) is 0 Å². The molecule has 92 valence electrons. The summed E-state index contributed by atoms with van der Waals surface area (Å²) in [4.78, 5) is 20.4. The molecule has 0 aromatic heterocycles. The third-order valence-corrected chi connectivity index (χ3v) is 2.49. The third kappa shape index (κ3) is 9.24. The van der Waals surface area contributed by atoms with Crippen LogP contribution in [0.5, 0.6) is 0 Å². The summed E-state index contributed by atoms with van der Waals surface area (Å²) in [5.74, 6) is -1.78. The summed E-state index contributed by atoms with van der Waals surface area (Å²) >= 11 is 0. The molecule has 0 aromatic rings. The summed E-state index contributed by atoms with van der Waals surface area (Å²) in [6.45, 7) is 3.68. The lowest BCUT2D eigenvalue weighted by atomic mass is 9.95. The van der Waals surface area contributed by atoms with Gasteiger partial charge in [0.05, 0.1) is 0 Å². The first-order chi connectivity index (χ1) is 7.56. The molecular weight excluding hydrogens is 208 g/mol. The molecule has 0 aromatic carbocycles. The number of aliphatic carboxylic acids is 2. The van der Waals surface area contributed by atoms with Crippen LogP contribution in [0.15, 0.2) is 12.7 Å². The van der Waals surface area contributed by atoms with Crippen molar-refractivity contribution >= 4 is 11.9 Å². The van der Waals surface area contributed by atoms with Gasteiger partial charge in [-0.3, -0.25) is 0 Å². The van der Waals surface area contributed by atoms with Crippen molar-refractivity contribution in [1.29, 1.82) is 0 Å². The highest BCUT2D eigenvalue weighted by Gasteiger charge is 2.03. The van der Waals surface area contributed by atoms with Gasteiger partial charge in [-0.15, -0.1) is 6.58 Å². The Bertz CT molecular complexity index is 235. The SMILES string of the molecule is C=CC(CCCCC(=O)[O-])CCCC(=O)[O-]. The van der Waals surface area contributed by atoms with Crippen LogP contribution in [-0.4, -0.2) is 11.9 Å². The molecule has 0 rings (SSSR count). The van der Waals surface area contributed by atoms with Crippen molar-refractivity contribution in [1.82, 2.24) is 0 Å². The second-order valence-electron chi connectivity index (χ2n) is 3.88. The first-order valence-corrected chi connectivity index (χ1v) is 5.58. The van der Waals surface area contributed by atoms with Crippen LogP contribution in [0.3, 0.4) is 0 Å². The number of hydrogen-bond donors (Lipinski definition) is 0. The molecule has 0 radical (unpaired) electrons. The number of allylic oxidation sites excluding steroid dienone is 1. The number of unbranched alkanes of at least 4 members (excludes halogenated alkanes) is 1. The van der Waals surface area contributed by atoms with E-state index in [2.05, 4.69) is 6.58 Å². The van der Waals surface area contributed by atoms with E-state index in [-0.39, 0.29) is 18.8 Å². The minimum absolute atomic E-state index is 0.0728. The van der Waals surface area contributed by atoms with Crippen molar-refractivity contribution in [3.63, 3.8) is 0 Å². The Kier molecular flexibility index (Phi) is 8.21. The molecular formula is C12H18O4-2. The molecule has 4 nitrogen and oxygen atoms in total. The fourth-order valence-electron chi connectivity index (χ4n) is 1.56. The molecule has 0 amide bonds. The minimum Gasteiger partial charge on any atom is -0.550 e. The lowest BCUT2D eigenvalue weighted by Gasteiger charge is -2.12. The molecule has 0 saturated carbocycles. The maximum atomic E-state index is 10.2. The molecule has 0 N–H and O–H groups in total. The fraction of sp³-hybridized carbons (Fsp3) is 0.667. The normalized spacial score (nSPS) is 12.0. The zero-order valence-corrected chi connectivity index (χ0v) is 9.44. The largest absolute Gasteiger partial charge is 0.550 e. The predicted octanol–water partition coefficient (Wildman–Crippen LogP) is 0.0191. The van der Waals surface area contributed by atoms with Crippen LogP contribution in [-0.2, 0) is 9.59 Å². The van der Waals surface area contributed by atoms with Gasteiger partial charge >= 0.3 is 0 Å². The fourth-order valence-corrected chi connectivity index (χ4v) is 1.56.